The molecule has 0 saturated carbocycles. The predicted molar refractivity (Wildman–Crippen MR) is 111 cm³/mol. The number of benzene rings is 1. The van der Waals surface area contributed by atoms with E-state index < -0.39 is 0 Å². The molecule has 1 N–H and O–H groups in total. The summed E-state index contributed by atoms with van der Waals surface area (Å²) >= 11 is 0. The lowest BCUT2D eigenvalue weighted by atomic mass is 9.96. The van der Waals surface area contributed by atoms with Crippen molar-refractivity contribution in [2.75, 3.05) is 51.3 Å². The molecule has 0 radical (unpaired) electrons. The van der Waals surface area contributed by atoms with Gasteiger partial charge in [0.05, 0.1) is 7.11 Å². The quantitative estimate of drug-likeness (QED) is 0.810. The molecule has 1 aromatic rings. The highest BCUT2D eigenvalue weighted by molar-refractivity contribution is 5.85. The van der Waals surface area contributed by atoms with E-state index in [4.69, 9.17) is 4.74 Å². The number of rotatable bonds is 4. The number of halogens is 3. The summed E-state index contributed by atoms with van der Waals surface area (Å²) in [6.45, 7) is 4.99. The third-order valence-corrected chi connectivity index (χ3v) is 5.29. The van der Waals surface area contributed by atoms with Crippen LogP contribution in [-0.2, 0) is 4.79 Å². The Bertz CT molecular complexity index is 590. The fourth-order valence-corrected chi connectivity index (χ4v) is 3.74. The number of hydrogen-bond acceptors (Lipinski definition) is 4. The number of piperazine rings is 1. The molecule has 5 nitrogen and oxygen atoms in total. The Kier molecular flexibility index (Phi) is 10.2. The normalized spacial score (nSPS) is 20.1. The van der Waals surface area contributed by atoms with Crippen LogP contribution in [-0.4, -0.2) is 57.2 Å². The summed E-state index contributed by atoms with van der Waals surface area (Å²) < 4.78 is 18.8. The lowest BCUT2D eigenvalue weighted by molar-refractivity contribution is -0.132. The highest BCUT2D eigenvalue weighted by Crippen LogP contribution is 2.25. The number of amides is 1. The van der Waals surface area contributed by atoms with Gasteiger partial charge in [0.15, 0.2) is 11.6 Å². The van der Waals surface area contributed by atoms with Gasteiger partial charge in [0, 0.05) is 44.4 Å². The maximum Gasteiger partial charge on any atom is 0.222 e. The van der Waals surface area contributed by atoms with Crippen molar-refractivity contribution in [3.63, 3.8) is 0 Å². The van der Waals surface area contributed by atoms with Crippen molar-refractivity contribution >= 4 is 36.4 Å². The first kappa shape index (κ1) is 23.8. The van der Waals surface area contributed by atoms with E-state index in [0.29, 0.717) is 25.4 Å². The first-order chi connectivity index (χ1) is 12.2. The maximum absolute atomic E-state index is 13.9. The van der Waals surface area contributed by atoms with E-state index in [1.54, 1.807) is 6.07 Å². The molecular weight excluding hydrogens is 392 g/mol. The third-order valence-electron chi connectivity index (χ3n) is 5.29. The molecule has 2 fully saturated rings. The smallest absolute Gasteiger partial charge is 0.222 e. The molecule has 1 unspecified atom stereocenters. The zero-order valence-electron chi connectivity index (χ0n) is 15.8. The number of ether oxygens (including phenoxy) is 1. The van der Waals surface area contributed by atoms with Crippen molar-refractivity contribution < 1.29 is 13.9 Å². The standard InChI is InChI=1S/C19H28FN3O2.2ClH/c1-25-18-5-4-16(14-17(18)20)22-9-11-23(12-10-22)19(24)13-15-3-2-7-21-8-6-15;;/h4-5,14-15,21H,2-3,6-13H2,1H3;2*1H. The molecule has 2 aliphatic rings. The van der Waals surface area contributed by atoms with Crippen LogP contribution >= 0.6 is 24.8 Å². The van der Waals surface area contributed by atoms with Crippen molar-refractivity contribution in [1.82, 2.24) is 10.2 Å². The van der Waals surface area contributed by atoms with Crippen LogP contribution in [0.2, 0.25) is 0 Å². The molecule has 2 saturated heterocycles. The van der Waals surface area contributed by atoms with Gasteiger partial charge in [0.1, 0.15) is 0 Å². The number of carbonyl (C=O) groups excluding carboxylic acids is 1. The Morgan fingerprint density at radius 1 is 1.19 bits per heavy atom. The molecule has 8 heteroatoms. The van der Waals surface area contributed by atoms with E-state index in [2.05, 4.69) is 10.2 Å². The van der Waals surface area contributed by atoms with Crippen molar-refractivity contribution in [1.29, 1.82) is 0 Å². The second-order valence-electron chi connectivity index (χ2n) is 6.94. The van der Waals surface area contributed by atoms with Gasteiger partial charge in [-0.05, 0) is 50.4 Å². The second kappa shape index (κ2) is 11.6. The minimum atomic E-state index is -0.347. The number of nitrogens with zero attached hydrogens (tertiary/aromatic N) is 2. The molecule has 154 valence electrons. The van der Waals surface area contributed by atoms with Gasteiger partial charge >= 0.3 is 0 Å². The van der Waals surface area contributed by atoms with E-state index in [-0.39, 0.29) is 42.3 Å². The van der Waals surface area contributed by atoms with Gasteiger partial charge < -0.3 is 19.9 Å². The van der Waals surface area contributed by atoms with Crippen molar-refractivity contribution in [2.45, 2.75) is 25.7 Å². The van der Waals surface area contributed by atoms with Crippen LogP contribution in [0, 0.1) is 11.7 Å². The third kappa shape index (κ3) is 6.40. The number of carbonyl (C=O) groups is 1. The molecular formula is C19H30Cl2FN3O2. The summed E-state index contributed by atoms with van der Waals surface area (Å²) in [6, 6.07) is 5.04. The minimum absolute atomic E-state index is 0. The number of hydrogen-bond donors (Lipinski definition) is 1. The molecule has 0 bridgehead atoms. The van der Waals surface area contributed by atoms with Crippen molar-refractivity contribution in [3.8, 4) is 5.75 Å². The Morgan fingerprint density at radius 2 is 1.93 bits per heavy atom. The predicted octanol–water partition coefficient (Wildman–Crippen LogP) is 3.11. The van der Waals surface area contributed by atoms with Gasteiger partial charge in [-0.25, -0.2) is 4.39 Å². The van der Waals surface area contributed by atoms with Crippen LogP contribution in [0.25, 0.3) is 0 Å². The molecule has 2 heterocycles. The number of methoxy groups -OCH3 is 1. The van der Waals surface area contributed by atoms with Crippen molar-refractivity contribution in [3.05, 3.63) is 24.0 Å². The second-order valence-corrected chi connectivity index (χ2v) is 6.94. The lowest BCUT2D eigenvalue weighted by Gasteiger charge is -2.36. The summed E-state index contributed by atoms with van der Waals surface area (Å²) in [7, 11) is 1.47. The average molecular weight is 422 g/mol. The first-order valence-corrected chi connectivity index (χ1v) is 9.24. The Hall–Kier alpha value is -1.24. The molecule has 0 aliphatic carbocycles. The van der Waals surface area contributed by atoms with Crippen LogP contribution < -0.4 is 15.0 Å². The van der Waals surface area contributed by atoms with E-state index in [0.717, 1.165) is 51.1 Å². The monoisotopic (exact) mass is 421 g/mol. The zero-order valence-corrected chi connectivity index (χ0v) is 17.4. The number of nitrogens with one attached hydrogen (secondary N) is 1. The van der Waals surface area contributed by atoms with E-state index >= 15 is 0 Å². The fourth-order valence-electron chi connectivity index (χ4n) is 3.74. The van der Waals surface area contributed by atoms with Gasteiger partial charge in [-0.3, -0.25) is 4.79 Å². The van der Waals surface area contributed by atoms with Crippen LogP contribution in [0.4, 0.5) is 10.1 Å². The molecule has 1 atom stereocenters. The minimum Gasteiger partial charge on any atom is -0.494 e. The summed E-state index contributed by atoms with van der Waals surface area (Å²) in [5.41, 5.74) is 0.847. The maximum atomic E-state index is 13.9. The van der Waals surface area contributed by atoms with Crippen molar-refractivity contribution in [2.24, 2.45) is 5.92 Å². The molecule has 1 amide bonds. The van der Waals surface area contributed by atoms with E-state index in [1.165, 1.54) is 13.2 Å². The zero-order chi connectivity index (χ0) is 17.6. The first-order valence-electron chi connectivity index (χ1n) is 9.24. The van der Waals surface area contributed by atoms with Gasteiger partial charge in [0.25, 0.3) is 0 Å². The van der Waals surface area contributed by atoms with Crippen LogP contribution in [0.15, 0.2) is 18.2 Å². The molecule has 2 aliphatic heterocycles. The summed E-state index contributed by atoms with van der Waals surface area (Å²) in [4.78, 5) is 16.7. The van der Waals surface area contributed by atoms with Crippen LogP contribution in [0.1, 0.15) is 25.7 Å². The summed E-state index contributed by atoms with van der Waals surface area (Å²) in [5.74, 6) is 0.694. The van der Waals surface area contributed by atoms with E-state index in [1.807, 2.05) is 11.0 Å². The van der Waals surface area contributed by atoms with E-state index in [9.17, 15) is 9.18 Å². The van der Waals surface area contributed by atoms with Gasteiger partial charge in [-0.2, -0.15) is 0 Å². The average Bonchev–Trinajstić information content (AvgIpc) is 2.90. The fraction of sp³-hybridized carbons (Fsp3) is 0.632. The molecule has 27 heavy (non-hydrogen) atoms. The number of anilines is 1. The Morgan fingerprint density at radius 3 is 2.59 bits per heavy atom. The lowest BCUT2D eigenvalue weighted by Crippen LogP contribution is -2.49. The van der Waals surface area contributed by atoms with Gasteiger partial charge in [-0.1, -0.05) is 0 Å². The van der Waals surface area contributed by atoms with Gasteiger partial charge in [-0.15, -0.1) is 24.8 Å². The summed E-state index contributed by atoms with van der Waals surface area (Å²) in [6.07, 6.45) is 4.06. The topological polar surface area (TPSA) is 44.8 Å². The Labute approximate surface area is 173 Å². The summed E-state index contributed by atoms with van der Waals surface area (Å²) in [5, 5.41) is 3.40. The largest absolute Gasteiger partial charge is 0.494 e. The molecule has 3 rings (SSSR count). The van der Waals surface area contributed by atoms with Crippen LogP contribution in [0.5, 0.6) is 5.75 Å². The Balaban J connectivity index is 0.00000182. The van der Waals surface area contributed by atoms with Crippen LogP contribution in [0.3, 0.4) is 0 Å². The SMILES string of the molecule is COc1ccc(N2CCN(C(=O)CC3CCCNCC3)CC2)cc1F.Cl.Cl. The molecule has 1 aromatic carbocycles. The molecule has 0 spiro atoms. The van der Waals surface area contributed by atoms with Gasteiger partial charge in [0.2, 0.25) is 5.91 Å². The highest BCUT2D eigenvalue weighted by Gasteiger charge is 2.24. The highest BCUT2D eigenvalue weighted by atomic mass is 35.5. The molecule has 0 aromatic heterocycles.